The molecule has 0 aliphatic rings. The lowest BCUT2D eigenvalue weighted by Crippen LogP contribution is -2.13. The van der Waals surface area contributed by atoms with Crippen LogP contribution in [0.5, 0.6) is 0 Å². The van der Waals surface area contributed by atoms with Crippen LogP contribution in [0.4, 0.5) is 5.69 Å². The summed E-state index contributed by atoms with van der Waals surface area (Å²) in [5, 5.41) is 3.27. The molecule has 2 aromatic rings. The number of halogens is 1. The third kappa shape index (κ3) is 3.58. The number of furan rings is 1. The predicted octanol–water partition coefficient (Wildman–Crippen LogP) is 3.07. The van der Waals surface area contributed by atoms with Crippen molar-refractivity contribution < 1.29 is 12.8 Å². The molecule has 0 aliphatic carbocycles. The van der Waals surface area contributed by atoms with Gasteiger partial charge < -0.3 is 9.73 Å². The summed E-state index contributed by atoms with van der Waals surface area (Å²) in [7, 11) is -1.97. The molecular weight excluding hydrogens is 312 g/mol. The Bertz CT molecular complexity index is 754. The largest absolute Gasteiger partial charge is 0.464 e. The summed E-state index contributed by atoms with van der Waals surface area (Å²) in [5.74, 6) is 0.904. The van der Waals surface area contributed by atoms with E-state index in [0.29, 0.717) is 28.8 Å². The zero-order chi connectivity index (χ0) is 15.6. The van der Waals surface area contributed by atoms with Gasteiger partial charge in [-0.05, 0) is 38.6 Å². The highest BCUT2D eigenvalue weighted by Crippen LogP contribution is 2.27. The Morgan fingerprint density at radius 3 is 2.57 bits per heavy atom. The van der Waals surface area contributed by atoms with Crippen molar-refractivity contribution in [1.29, 1.82) is 0 Å². The van der Waals surface area contributed by atoms with E-state index in [9.17, 15) is 8.42 Å². The summed E-state index contributed by atoms with van der Waals surface area (Å²) in [4.78, 5) is 0.115. The van der Waals surface area contributed by atoms with Crippen LogP contribution in [0.1, 0.15) is 17.1 Å². The van der Waals surface area contributed by atoms with Crippen LogP contribution in [0.2, 0.25) is 5.02 Å². The molecular formula is C14H17ClN2O3S. The van der Waals surface area contributed by atoms with Gasteiger partial charge in [0.05, 0.1) is 17.3 Å². The number of sulfonamides is 1. The van der Waals surface area contributed by atoms with Gasteiger partial charge in [-0.1, -0.05) is 17.7 Å². The van der Waals surface area contributed by atoms with Crippen molar-refractivity contribution in [2.24, 2.45) is 0 Å². The average molecular weight is 329 g/mol. The van der Waals surface area contributed by atoms with Crippen LogP contribution in [0.15, 0.2) is 33.6 Å². The Labute approximate surface area is 129 Å². The lowest BCUT2D eigenvalue weighted by molar-refractivity contribution is 0.466. The van der Waals surface area contributed by atoms with Crippen LogP contribution >= 0.6 is 11.6 Å². The maximum absolute atomic E-state index is 12.4. The molecule has 2 rings (SSSR count). The summed E-state index contributed by atoms with van der Waals surface area (Å²) < 4.78 is 32.8. The molecule has 1 aromatic carbocycles. The summed E-state index contributed by atoms with van der Waals surface area (Å²) in [5.41, 5.74) is 1.30. The van der Waals surface area contributed by atoms with Gasteiger partial charge in [-0.3, -0.25) is 4.72 Å². The number of rotatable bonds is 5. The second kappa shape index (κ2) is 6.09. The van der Waals surface area contributed by atoms with Gasteiger partial charge in [0, 0.05) is 6.07 Å². The number of anilines is 1. The van der Waals surface area contributed by atoms with E-state index in [1.807, 2.05) is 6.92 Å². The Morgan fingerprint density at radius 2 is 1.95 bits per heavy atom. The molecule has 0 unspecified atom stereocenters. The molecule has 0 aliphatic heterocycles. The Kier molecular flexibility index (Phi) is 4.61. The van der Waals surface area contributed by atoms with E-state index in [2.05, 4.69) is 10.0 Å². The minimum atomic E-state index is -3.73. The van der Waals surface area contributed by atoms with Crippen molar-refractivity contribution in [2.75, 3.05) is 11.8 Å². The molecule has 1 aromatic heterocycles. The van der Waals surface area contributed by atoms with E-state index in [0.717, 1.165) is 5.56 Å². The zero-order valence-electron chi connectivity index (χ0n) is 12.0. The highest BCUT2D eigenvalue weighted by atomic mass is 35.5. The lowest BCUT2D eigenvalue weighted by Gasteiger charge is -2.09. The standard InChI is InChI=1S/C14H17ClN2O3S/c1-9-4-5-13(12(15)6-9)17-21(18,19)14-7-11(8-16-3)20-10(14)2/h4-7,16-17H,8H2,1-3H3. The van der Waals surface area contributed by atoms with Crippen molar-refractivity contribution >= 4 is 27.3 Å². The van der Waals surface area contributed by atoms with Crippen molar-refractivity contribution in [3.8, 4) is 0 Å². The molecule has 0 saturated carbocycles. The molecule has 5 nitrogen and oxygen atoms in total. The first kappa shape index (κ1) is 15.9. The van der Waals surface area contributed by atoms with E-state index in [1.165, 1.54) is 6.07 Å². The minimum absolute atomic E-state index is 0.115. The summed E-state index contributed by atoms with van der Waals surface area (Å²) in [6.07, 6.45) is 0. The van der Waals surface area contributed by atoms with Gasteiger partial charge >= 0.3 is 0 Å². The third-order valence-electron chi connectivity index (χ3n) is 2.93. The van der Waals surface area contributed by atoms with Crippen molar-refractivity contribution in [1.82, 2.24) is 5.32 Å². The van der Waals surface area contributed by atoms with E-state index in [-0.39, 0.29) is 4.90 Å². The second-order valence-electron chi connectivity index (χ2n) is 4.75. The molecule has 1 heterocycles. The first-order valence-corrected chi connectivity index (χ1v) is 8.22. The van der Waals surface area contributed by atoms with E-state index < -0.39 is 10.0 Å². The Balaban J connectivity index is 2.34. The van der Waals surface area contributed by atoms with Crippen molar-refractivity contribution in [2.45, 2.75) is 25.3 Å². The number of hydrogen-bond acceptors (Lipinski definition) is 4. The first-order valence-electron chi connectivity index (χ1n) is 6.36. The van der Waals surface area contributed by atoms with Gasteiger partial charge in [0.1, 0.15) is 16.4 Å². The highest BCUT2D eigenvalue weighted by molar-refractivity contribution is 7.92. The zero-order valence-corrected chi connectivity index (χ0v) is 13.6. The molecule has 7 heteroatoms. The Hall–Kier alpha value is -1.50. The number of hydrogen-bond donors (Lipinski definition) is 2. The molecule has 0 radical (unpaired) electrons. The summed E-state index contributed by atoms with van der Waals surface area (Å²) in [6.45, 7) is 3.96. The number of nitrogens with one attached hydrogen (secondary N) is 2. The van der Waals surface area contributed by atoms with Crippen molar-refractivity contribution in [3.05, 3.63) is 46.4 Å². The molecule has 2 N–H and O–H groups in total. The van der Waals surface area contributed by atoms with Crippen LogP contribution in [-0.2, 0) is 16.6 Å². The number of aryl methyl sites for hydroxylation is 2. The molecule has 0 saturated heterocycles. The quantitative estimate of drug-likeness (QED) is 0.884. The predicted molar refractivity (Wildman–Crippen MR) is 83.2 cm³/mol. The van der Waals surface area contributed by atoms with Gasteiger partial charge in [0.25, 0.3) is 10.0 Å². The Morgan fingerprint density at radius 1 is 1.24 bits per heavy atom. The van der Waals surface area contributed by atoms with E-state index >= 15 is 0 Å². The topological polar surface area (TPSA) is 71.3 Å². The molecule has 0 amide bonds. The smallest absolute Gasteiger partial charge is 0.265 e. The number of benzene rings is 1. The monoisotopic (exact) mass is 328 g/mol. The second-order valence-corrected chi connectivity index (χ2v) is 6.81. The first-order chi connectivity index (χ1) is 9.83. The fourth-order valence-electron chi connectivity index (χ4n) is 1.96. The van der Waals surface area contributed by atoms with Gasteiger partial charge in [-0.2, -0.15) is 0 Å². The molecule has 0 spiro atoms. The van der Waals surface area contributed by atoms with E-state index in [4.69, 9.17) is 16.0 Å². The molecule has 0 bridgehead atoms. The van der Waals surface area contributed by atoms with Crippen LogP contribution in [-0.4, -0.2) is 15.5 Å². The van der Waals surface area contributed by atoms with Crippen LogP contribution in [0, 0.1) is 13.8 Å². The average Bonchev–Trinajstić information content (AvgIpc) is 2.75. The minimum Gasteiger partial charge on any atom is -0.464 e. The molecule has 21 heavy (non-hydrogen) atoms. The summed E-state index contributed by atoms with van der Waals surface area (Å²) in [6, 6.07) is 6.64. The fraction of sp³-hybridized carbons (Fsp3) is 0.286. The third-order valence-corrected chi connectivity index (χ3v) is 4.72. The van der Waals surface area contributed by atoms with Gasteiger partial charge in [0.15, 0.2) is 0 Å². The SMILES string of the molecule is CNCc1cc(S(=O)(=O)Nc2ccc(C)cc2Cl)c(C)o1. The summed E-state index contributed by atoms with van der Waals surface area (Å²) >= 11 is 6.06. The maximum Gasteiger partial charge on any atom is 0.265 e. The fourth-order valence-corrected chi connectivity index (χ4v) is 3.58. The van der Waals surface area contributed by atoms with Gasteiger partial charge in [0.2, 0.25) is 0 Å². The normalized spacial score (nSPS) is 11.6. The van der Waals surface area contributed by atoms with Crippen LogP contribution in [0.3, 0.4) is 0 Å². The molecule has 0 fully saturated rings. The molecule has 0 atom stereocenters. The van der Waals surface area contributed by atoms with Gasteiger partial charge in [-0.15, -0.1) is 0 Å². The van der Waals surface area contributed by atoms with Gasteiger partial charge in [-0.25, -0.2) is 8.42 Å². The highest BCUT2D eigenvalue weighted by Gasteiger charge is 2.22. The van der Waals surface area contributed by atoms with Crippen LogP contribution in [0.25, 0.3) is 0 Å². The van der Waals surface area contributed by atoms with Crippen molar-refractivity contribution in [3.63, 3.8) is 0 Å². The molecule has 114 valence electrons. The van der Waals surface area contributed by atoms with E-state index in [1.54, 1.807) is 32.2 Å². The maximum atomic E-state index is 12.4. The van der Waals surface area contributed by atoms with Crippen LogP contribution < -0.4 is 10.0 Å². The lowest BCUT2D eigenvalue weighted by atomic mass is 10.2.